The van der Waals surface area contributed by atoms with Crippen LogP contribution in [-0.4, -0.2) is 19.9 Å². The van der Waals surface area contributed by atoms with Gasteiger partial charge in [0.2, 0.25) is 0 Å². The largest absolute Gasteiger partial charge is 0.228 e. The topological polar surface area (TPSA) is 51.6 Å². The van der Waals surface area contributed by atoms with Crippen LogP contribution in [0.2, 0.25) is 0 Å². The Labute approximate surface area is 323 Å². The summed E-state index contributed by atoms with van der Waals surface area (Å²) in [6, 6.07) is 67.3. The molecule has 258 valence electrons. The van der Waals surface area contributed by atoms with Gasteiger partial charge in [0, 0.05) is 53.6 Å². The van der Waals surface area contributed by atoms with E-state index in [2.05, 4.69) is 158 Å². The van der Waals surface area contributed by atoms with Gasteiger partial charge in [-0.2, -0.15) is 0 Å². The lowest BCUT2D eigenvalue weighted by atomic mass is 10.0. The molecule has 3 heterocycles. The number of thiophene rings is 1. The molecule has 0 spiro atoms. The van der Waals surface area contributed by atoms with Crippen molar-refractivity contribution >= 4 is 31.5 Å². The number of nitrogens with zero attached hydrogens (tertiary/aromatic N) is 4. The molecule has 7 aromatic carbocycles. The van der Waals surface area contributed by atoms with Crippen LogP contribution in [0, 0.1) is 0 Å². The highest BCUT2D eigenvalue weighted by Gasteiger charge is 2.17. The number of rotatable bonds is 7. The van der Waals surface area contributed by atoms with Crippen LogP contribution < -0.4 is 0 Å². The zero-order valence-electron chi connectivity index (χ0n) is 29.7. The predicted octanol–water partition coefficient (Wildman–Crippen LogP) is 13.3. The van der Waals surface area contributed by atoms with E-state index in [-0.39, 0.29) is 0 Å². The average Bonchev–Trinajstić information content (AvgIpc) is 3.66. The van der Waals surface area contributed by atoms with E-state index in [1.807, 2.05) is 36.4 Å². The molecule has 55 heavy (non-hydrogen) atoms. The van der Waals surface area contributed by atoms with Crippen molar-refractivity contribution in [3.63, 3.8) is 0 Å². The number of benzene rings is 7. The fourth-order valence-electron chi connectivity index (χ4n) is 7.14. The van der Waals surface area contributed by atoms with Crippen LogP contribution in [-0.2, 0) is 0 Å². The van der Waals surface area contributed by atoms with Crippen molar-refractivity contribution in [1.82, 2.24) is 19.9 Å². The Hall–Kier alpha value is -7.08. The zero-order valence-corrected chi connectivity index (χ0v) is 30.5. The van der Waals surface area contributed by atoms with Crippen molar-refractivity contribution in [2.24, 2.45) is 0 Å². The number of fused-ring (bicyclic) bond motifs is 3. The number of hydrogen-bond donors (Lipinski definition) is 0. The van der Waals surface area contributed by atoms with Crippen LogP contribution >= 0.6 is 11.3 Å². The molecule has 0 saturated carbocycles. The summed E-state index contributed by atoms with van der Waals surface area (Å²) < 4.78 is 2.40. The maximum atomic E-state index is 5.19. The Kier molecular flexibility index (Phi) is 8.32. The van der Waals surface area contributed by atoms with Crippen LogP contribution in [0.25, 0.3) is 99.1 Å². The maximum absolute atomic E-state index is 5.19. The molecule has 0 atom stereocenters. The highest BCUT2D eigenvalue weighted by Crippen LogP contribution is 2.42. The fourth-order valence-corrected chi connectivity index (χ4v) is 8.35. The fraction of sp³-hybridized carbons (Fsp3) is 0. The summed E-state index contributed by atoms with van der Waals surface area (Å²) in [4.78, 5) is 20.5. The lowest BCUT2D eigenvalue weighted by Crippen LogP contribution is -1.96. The van der Waals surface area contributed by atoms with Gasteiger partial charge in [0.25, 0.3) is 0 Å². The molecule has 0 radical (unpaired) electrons. The third kappa shape index (κ3) is 6.37. The molecule has 0 aliphatic rings. The normalized spacial score (nSPS) is 11.3. The predicted molar refractivity (Wildman–Crippen MR) is 229 cm³/mol. The molecule has 10 rings (SSSR count). The Morgan fingerprint density at radius 1 is 0.291 bits per heavy atom. The van der Waals surface area contributed by atoms with E-state index < -0.39 is 0 Å². The Morgan fingerprint density at radius 2 is 0.727 bits per heavy atom. The molecule has 0 aliphatic heterocycles. The molecule has 0 saturated heterocycles. The van der Waals surface area contributed by atoms with Crippen LogP contribution in [0.15, 0.2) is 194 Å². The van der Waals surface area contributed by atoms with Gasteiger partial charge < -0.3 is 0 Å². The highest BCUT2D eigenvalue weighted by atomic mass is 32.1. The Bertz CT molecular complexity index is 2890. The molecule has 0 aliphatic carbocycles. The van der Waals surface area contributed by atoms with E-state index in [4.69, 9.17) is 19.9 Å². The minimum atomic E-state index is 0.695. The first-order valence-corrected chi connectivity index (χ1v) is 19.1. The van der Waals surface area contributed by atoms with Gasteiger partial charge in [0.05, 0.1) is 22.8 Å². The smallest absolute Gasteiger partial charge is 0.160 e. The molecular weight excluding hydrogens is 689 g/mol. The second-order valence-electron chi connectivity index (χ2n) is 13.5. The Morgan fingerprint density at radius 3 is 1.33 bits per heavy atom. The van der Waals surface area contributed by atoms with Crippen LogP contribution in [0.1, 0.15) is 0 Å². The van der Waals surface area contributed by atoms with Gasteiger partial charge in [-0.05, 0) is 35.4 Å². The van der Waals surface area contributed by atoms with Gasteiger partial charge in [0.15, 0.2) is 11.6 Å². The molecule has 0 unspecified atom stereocenters. The quantitative estimate of drug-likeness (QED) is 0.164. The van der Waals surface area contributed by atoms with E-state index >= 15 is 0 Å². The molecule has 0 fully saturated rings. The SMILES string of the molecule is c1ccc(-c2ccc(-c3nc(-c4ccccc4)cc(-c4ccc5sc6c(-c7cc(-c8ccccc8)nc(-c8ccccc8)n7)cccc6c5c4)n3)cc2)cc1. The first kappa shape index (κ1) is 32.6. The van der Waals surface area contributed by atoms with E-state index in [0.717, 1.165) is 61.7 Å². The van der Waals surface area contributed by atoms with Gasteiger partial charge in [-0.1, -0.05) is 170 Å². The summed E-state index contributed by atoms with van der Waals surface area (Å²) in [5.74, 6) is 1.40. The van der Waals surface area contributed by atoms with E-state index in [1.54, 1.807) is 11.3 Å². The van der Waals surface area contributed by atoms with Crippen molar-refractivity contribution < 1.29 is 0 Å². The standard InChI is InChI=1S/C50H32N4S/c1-5-14-33(15-6-1)34-24-26-38(27-25-34)50-51-43(35-16-7-2-8-17-35)31-45(53-50)39-28-29-47-42(30-39)40-22-13-23-41(48(40)55-47)46-32-44(36-18-9-3-10-19-36)52-49(54-46)37-20-11-4-12-21-37/h1-32H. The second-order valence-corrected chi connectivity index (χ2v) is 14.5. The summed E-state index contributed by atoms with van der Waals surface area (Å²) >= 11 is 1.80. The molecule has 0 amide bonds. The molecule has 4 nitrogen and oxygen atoms in total. The summed E-state index contributed by atoms with van der Waals surface area (Å²) in [7, 11) is 0. The summed E-state index contributed by atoms with van der Waals surface area (Å²) in [6.45, 7) is 0. The highest BCUT2D eigenvalue weighted by molar-refractivity contribution is 7.26. The summed E-state index contributed by atoms with van der Waals surface area (Å²) in [5.41, 5.74) is 12.1. The van der Waals surface area contributed by atoms with Crippen molar-refractivity contribution in [3.8, 4) is 78.9 Å². The van der Waals surface area contributed by atoms with Gasteiger partial charge in [-0.3, -0.25) is 0 Å². The minimum absolute atomic E-state index is 0.695. The van der Waals surface area contributed by atoms with Crippen LogP contribution in [0.3, 0.4) is 0 Å². The molecule has 5 heteroatoms. The van der Waals surface area contributed by atoms with Crippen molar-refractivity contribution in [1.29, 1.82) is 0 Å². The lowest BCUT2D eigenvalue weighted by Gasteiger charge is -2.10. The van der Waals surface area contributed by atoms with Crippen molar-refractivity contribution in [2.75, 3.05) is 0 Å². The maximum Gasteiger partial charge on any atom is 0.160 e. The van der Waals surface area contributed by atoms with Crippen molar-refractivity contribution in [3.05, 3.63) is 194 Å². The second kappa shape index (κ2) is 14.0. The first-order valence-electron chi connectivity index (χ1n) is 18.3. The monoisotopic (exact) mass is 720 g/mol. The summed E-state index contributed by atoms with van der Waals surface area (Å²) in [6.07, 6.45) is 0. The third-order valence-electron chi connectivity index (χ3n) is 9.94. The number of aromatic nitrogens is 4. The molecule has 0 bridgehead atoms. The minimum Gasteiger partial charge on any atom is -0.228 e. The molecular formula is C50H32N4S. The van der Waals surface area contributed by atoms with E-state index in [1.165, 1.54) is 25.7 Å². The van der Waals surface area contributed by atoms with Crippen LogP contribution in [0.4, 0.5) is 0 Å². The van der Waals surface area contributed by atoms with Gasteiger partial charge in [-0.15, -0.1) is 11.3 Å². The average molecular weight is 721 g/mol. The third-order valence-corrected chi connectivity index (χ3v) is 11.2. The van der Waals surface area contributed by atoms with Gasteiger partial charge in [-0.25, -0.2) is 19.9 Å². The molecule has 10 aromatic rings. The lowest BCUT2D eigenvalue weighted by molar-refractivity contribution is 1.18. The van der Waals surface area contributed by atoms with Crippen molar-refractivity contribution in [2.45, 2.75) is 0 Å². The van der Waals surface area contributed by atoms with Gasteiger partial charge >= 0.3 is 0 Å². The Balaban J connectivity index is 1.10. The zero-order chi connectivity index (χ0) is 36.6. The number of hydrogen-bond acceptors (Lipinski definition) is 5. The molecule has 0 N–H and O–H groups in total. The van der Waals surface area contributed by atoms with Crippen LogP contribution in [0.5, 0.6) is 0 Å². The van der Waals surface area contributed by atoms with E-state index in [9.17, 15) is 0 Å². The molecule has 3 aromatic heterocycles. The summed E-state index contributed by atoms with van der Waals surface area (Å²) in [5, 5.41) is 2.38. The van der Waals surface area contributed by atoms with Gasteiger partial charge in [0.1, 0.15) is 0 Å². The first-order chi connectivity index (χ1) is 27.2. The van der Waals surface area contributed by atoms with E-state index in [0.29, 0.717) is 11.6 Å².